The number of Topliss-reactive ketones (excluding diaryl/α,β-unsaturated/α-hetero) is 1. The largest absolute Gasteiger partial charge is 0.507 e. The molecule has 184 valence electrons. The third-order valence-electron chi connectivity index (χ3n) is 6.44. The minimum Gasteiger partial charge on any atom is -0.507 e. The number of hydrogen-bond acceptors (Lipinski definition) is 4. The molecule has 1 atom stereocenters. The number of ketones is 1. The number of alkyl halides is 3. The Morgan fingerprint density at radius 3 is 2.53 bits per heavy atom. The Morgan fingerprint density at radius 1 is 1.00 bits per heavy atom. The van der Waals surface area contributed by atoms with Gasteiger partial charge in [0.1, 0.15) is 11.5 Å². The summed E-state index contributed by atoms with van der Waals surface area (Å²) in [6.07, 6.45) is -2.97. The molecular weight excluding hydrogens is 471 g/mol. The number of benzene rings is 3. The quantitative estimate of drug-likeness (QED) is 0.290. The van der Waals surface area contributed by atoms with Crippen LogP contribution in [-0.4, -0.2) is 28.3 Å². The summed E-state index contributed by atoms with van der Waals surface area (Å²) in [6, 6.07) is 17.4. The summed E-state index contributed by atoms with van der Waals surface area (Å²) in [7, 11) is 0. The first-order valence-electron chi connectivity index (χ1n) is 11.5. The van der Waals surface area contributed by atoms with E-state index in [-0.39, 0.29) is 23.4 Å². The molecule has 1 amide bonds. The van der Waals surface area contributed by atoms with Gasteiger partial charge in [-0.25, -0.2) is 0 Å². The van der Waals surface area contributed by atoms with Crippen molar-refractivity contribution in [1.29, 1.82) is 0 Å². The van der Waals surface area contributed by atoms with Crippen LogP contribution in [0.5, 0.6) is 5.75 Å². The zero-order chi connectivity index (χ0) is 25.4. The van der Waals surface area contributed by atoms with E-state index >= 15 is 0 Å². The lowest BCUT2D eigenvalue weighted by atomic mass is 9.94. The molecule has 0 aromatic heterocycles. The van der Waals surface area contributed by atoms with E-state index in [1.807, 2.05) is 0 Å². The fourth-order valence-corrected chi connectivity index (χ4v) is 4.73. The number of rotatable bonds is 4. The number of likely N-dealkylation sites (tertiary alicyclic amines) is 1. The maximum Gasteiger partial charge on any atom is 0.416 e. The predicted octanol–water partition coefficient (Wildman–Crippen LogP) is 5.65. The number of carbonyl (C=O) groups is 2. The second-order valence-corrected chi connectivity index (χ2v) is 8.81. The smallest absolute Gasteiger partial charge is 0.416 e. The van der Waals surface area contributed by atoms with Crippen LogP contribution < -0.4 is 4.74 Å². The van der Waals surface area contributed by atoms with Gasteiger partial charge in [0.15, 0.2) is 0 Å². The lowest BCUT2D eigenvalue weighted by molar-refractivity contribution is -0.140. The molecule has 1 unspecified atom stereocenters. The van der Waals surface area contributed by atoms with Crippen molar-refractivity contribution in [2.75, 3.05) is 6.61 Å². The summed E-state index contributed by atoms with van der Waals surface area (Å²) in [5, 5.41) is 11.3. The number of aliphatic hydroxyl groups is 1. The van der Waals surface area contributed by atoms with Gasteiger partial charge < -0.3 is 14.7 Å². The molecule has 1 fully saturated rings. The molecule has 2 heterocycles. The van der Waals surface area contributed by atoms with Crippen LogP contribution in [0.4, 0.5) is 13.2 Å². The van der Waals surface area contributed by atoms with Crippen LogP contribution in [0.25, 0.3) is 5.76 Å². The predicted molar refractivity (Wildman–Crippen MR) is 126 cm³/mol. The van der Waals surface area contributed by atoms with Gasteiger partial charge in [0.05, 0.1) is 23.8 Å². The fraction of sp³-hybridized carbons (Fsp3) is 0.214. The van der Waals surface area contributed by atoms with Crippen molar-refractivity contribution in [2.24, 2.45) is 0 Å². The normalized spacial score (nSPS) is 19.2. The Bertz CT molecular complexity index is 1360. The van der Waals surface area contributed by atoms with Gasteiger partial charge in [0.2, 0.25) is 0 Å². The van der Waals surface area contributed by atoms with Crippen molar-refractivity contribution in [2.45, 2.75) is 31.6 Å². The van der Waals surface area contributed by atoms with Crippen molar-refractivity contribution < 1.29 is 32.6 Å². The Labute approximate surface area is 205 Å². The number of halogens is 3. The average Bonchev–Trinajstić information content (AvgIpc) is 3.13. The molecule has 3 aromatic rings. The van der Waals surface area contributed by atoms with E-state index in [1.54, 1.807) is 48.5 Å². The summed E-state index contributed by atoms with van der Waals surface area (Å²) < 4.78 is 45.4. The minimum atomic E-state index is -4.54. The van der Waals surface area contributed by atoms with Gasteiger partial charge in [0, 0.05) is 12.1 Å². The van der Waals surface area contributed by atoms with E-state index in [2.05, 4.69) is 0 Å². The fourth-order valence-electron chi connectivity index (χ4n) is 4.73. The first-order valence-corrected chi connectivity index (χ1v) is 11.5. The molecule has 5 nitrogen and oxygen atoms in total. The molecule has 0 spiro atoms. The SMILES string of the molecule is O=C1C(=O)N(Cc2cccc(C(F)(F)F)c2)C(c2ccccc2)/C1=C(/O)c1ccc2c(c1)CCCO2. The maximum absolute atomic E-state index is 13.3. The highest BCUT2D eigenvalue weighted by Gasteiger charge is 2.46. The average molecular weight is 493 g/mol. The highest BCUT2D eigenvalue weighted by atomic mass is 19.4. The summed E-state index contributed by atoms with van der Waals surface area (Å²) in [4.78, 5) is 27.6. The van der Waals surface area contributed by atoms with Crippen LogP contribution in [0.1, 0.15) is 40.3 Å². The van der Waals surface area contributed by atoms with Crippen LogP contribution in [0.3, 0.4) is 0 Å². The topological polar surface area (TPSA) is 66.8 Å². The second-order valence-electron chi connectivity index (χ2n) is 8.81. The molecule has 0 radical (unpaired) electrons. The lowest BCUT2D eigenvalue weighted by Crippen LogP contribution is -2.29. The number of amides is 1. The highest BCUT2D eigenvalue weighted by Crippen LogP contribution is 2.41. The number of carbonyl (C=O) groups excluding carboxylic acids is 2. The summed E-state index contributed by atoms with van der Waals surface area (Å²) in [5.41, 5.74) is 1.10. The van der Waals surface area contributed by atoms with Gasteiger partial charge in [-0.3, -0.25) is 9.59 Å². The molecular formula is C28H22F3NO4. The summed E-state index contributed by atoms with van der Waals surface area (Å²) in [5.74, 6) is -1.39. The molecule has 36 heavy (non-hydrogen) atoms. The molecule has 2 aliphatic rings. The Balaban J connectivity index is 1.60. The van der Waals surface area contributed by atoms with E-state index in [0.29, 0.717) is 23.5 Å². The standard InChI is InChI=1S/C28H22F3NO4/c29-28(30,31)21-10-4-6-17(14-21)16-32-24(18-7-2-1-3-8-18)23(26(34)27(32)35)25(33)20-11-12-22-19(15-20)9-5-13-36-22/h1-4,6-8,10-12,14-15,24,33H,5,9,13,16H2/b25-23-. The molecule has 0 saturated carbocycles. The van der Waals surface area contributed by atoms with Crippen molar-refractivity contribution in [3.05, 3.63) is 106 Å². The second kappa shape index (κ2) is 9.18. The van der Waals surface area contributed by atoms with Crippen molar-refractivity contribution >= 4 is 17.4 Å². The van der Waals surface area contributed by atoms with E-state index < -0.39 is 29.5 Å². The monoisotopic (exact) mass is 493 g/mol. The Morgan fingerprint density at radius 2 is 1.78 bits per heavy atom. The lowest BCUT2D eigenvalue weighted by Gasteiger charge is -2.26. The molecule has 2 aliphatic heterocycles. The van der Waals surface area contributed by atoms with Gasteiger partial charge >= 0.3 is 6.18 Å². The van der Waals surface area contributed by atoms with Crippen LogP contribution in [0, 0.1) is 0 Å². The van der Waals surface area contributed by atoms with Crippen LogP contribution in [-0.2, 0) is 28.7 Å². The zero-order valence-corrected chi connectivity index (χ0v) is 19.1. The first kappa shape index (κ1) is 23.7. The summed E-state index contributed by atoms with van der Waals surface area (Å²) in [6.45, 7) is 0.371. The molecule has 0 aliphatic carbocycles. The minimum absolute atomic E-state index is 0.102. The molecule has 5 rings (SSSR count). The third kappa shape index (κ3) is 4.34. The molecule has 3 aromatic carbocycles. The van der Waals surface area contributed by atoms with E-state index in [4.69, 9.17) is 4.74 Å². The van der Waals surface area contributed by atoms with Crippen LogP contribution >= 0.6 is 0 Å². The van der Waals surface area contributed by atoms with Gasteiger partial charge in [-0.1, -0.05) is 42.5 Å². The van der Waals surface area contributed by atoms with Gasteiger partial charge in [-0.2, -0.15) is 13.2 Å². The van der Waals surface area contributed by atoms with Crippen molar-refractivity contribution in [1.82, 2.24) is 4.90 Å². The molecule has 1 N–H and O–H groups in total. The number of aryl methyl sites for hydroxylation is 1. The van der Waals surface area contributed by atoms with Crippen LogP contribution in [0.15, 0.2) is 78.4 Å². The number of hydrogen-bond donors (Lipinski definition) is 1. The number of nitrogens with zero attached hydrogens (tertiary/aromatic N) is 1. The van der Waals surface area contributed by atoms with E-state index in [0.717, 1.165) is 30.5 Å². The van der Waals surface area contributed by atoms with E-state index in [9.17, 15) is 27.9 Å². The number of fused-ring (bicyclic) bond motifs is 1. The Hall–Kier alpha value is -4.07. The maximum atomic E-state index is 13.3. The van der Waals surface area contributed by atoms with Crippen LogP contribution in [0.2, 0.25) is 0 Å². The van der Waals surface area contributed by atoms with Crippen molar-refractivity contribution in [3.63, 3.8) is 0 Å². The summed E-state index contributed by atoms with van der Waals surface area (Å²) >= 11 is 0. The van der Waals surface area contributed by atoms with Gasteiger partial charge in [-0.15, -0.1) is 0 Å². The molecule has 1 saturated heterocycles. The number of aliphatic hydroxyl groups excluding tert-OH is 1. The van der Waals surface area contributed by atoms with Gasteiger partial charge in [0.25, 0.3) is 11.7 Å². The Kier molecular flexibility index (Phi) is 6.04. The molecule has 8 heteroatoms. The van der Waals surface area contributed by atoms with Gasteiger partial charge in [-0.05, 0) is 59.9 Å². The third-order valence-corrected chi connectivity index (χ3v) is 6.44. The van der Waals surface area contributed by atoms with Crippen molar-refractivity contribution in [3.8, 4) is 5.75 Å². The molecule has 0 bridgehead atoms. The number of ether oxygens (including phenoxy) is 1. The first-order chi connectivity index (χ1) is 17.2. The zero-order valence-electron chi connectivity index (χ0n) is 19.1. The highest BCUT2D eigenvalue weighted by molar-refractivity contribution is 6.46. The van der Waals surface area contributed by atoms with E-state index in [1.165, 1.54) is 17.0 Å².